The van der Waals surface area contributed by atoms with Crippen LogP contribution in [-0.4, -0.2) is 62.8 Å². The number of aromatic nitrogens is 1. The monoisotopic (exact) mass is 499 g/mol. The third kappa shape index (κ3) is 6.44. The molecule has 0 aliphatic rings. The number of benzene rings is 2. The van der Waals surface area contributed by atoms with Crippen molar-refractivity contribution in [1.82, 2.24) is 9.88 Å². The van der Waals surface area contributed by atoms with Crippen molar-refractivity contribution >= 4 is 32.6 Å². The summed E-state index contributed by atoms with van der Waals surface area (Å²) in [4.78, 5) is 22.7. The number of rotatable bonds is 12. The molecule has 0 saturated carbocycles. The number of fused-ring (bicyclic) bond motifs is 1. The van der Waals surface area contributed by atoms with E-state index in [1.165, 1.54) is 11.1 Å². The Morgan fingerprint density at radius 2 is 1.49 bits per heavy atom. The van der Waals surface area contributed by atoms with Crippen LogP contribution < -0.4 is 19.1 Å². The molecule has 0 bridgehead atoms. The summed E-state index contributed by atoms with van der Waals surface area (Å²) in [5.74, 6) is 1.40. The summed E-state index contributed by atoms with van der Waals surface area (Å²) in [6.07, 6.45) is 0.820. The van der Waals surface area contributed by atoms with Crippen LogP contribution in [0.3, 0.4) is 0 Å². The van der Waals surface area contributed by atoms with Gasteiger partial charge in [-0.05, 0) is 97.1 Å². The Morgan fingerprint density at radius 1 is 0.886 bits per heavy atom. The molecule has 0 radical (unpaired) electrons. The number of aryl methyl sites for hydroxylation is 2. The second kappa shape index (κ2) is 12.2. The quantitative estimate of drug-likeness (QED) is 0.318. The van der Waals surface area contributed by atoms with Gasteiger partial charge in [-0.3, -0.25) is 9.69 Å². The van der Waals surface area contributed by atoms with E-state index in [1.807, 2.05) is 34.9 Å². The summed E-state index contributed by atoms with van der Waals surface area (Å²) in [7, 11) is 4.06. The molecule has 0 spiro atoms. The second-order valence-electron chi connectivity index (χ2n) is 8.61. The minimum absolute atomic E-state index is 0.138. The molecule has 0 fully saturated rings. The molecule has 0 N–H and O–H groups in total. The summed E-state index contributed by atoms with van der Waals surface area (Å²) < 4.78 is 18.6. The van der Waals surface area contributed by atoms with E-state index in [1.54, 1.807) is 28.4 Å². The van der Waals surface area contributed by atoms with E-state index in [9.17, 15) is 4.79 Å². The van der Waals surface area contributed by atoms with E-state index in [-0.39, 0.29) is 5.91 Å². The lowest BCUT2D eigenvalue weighted by molar-refractivity contribution is 0.0985. The Morgan fingerprint density at radius 3 is 2.06 bits per heavy atom. The second-order valence-corrected chi connectivity index (χ2v) is 9.62. The Hall–Kier alpha value is -2.84. The zero-order valence-electron chi connectivity index (χ0n) is 21.9. The van der Waals surface area contributed by atoms with Gasteiger partial charge in [-0.25, -0.2) is 4.98 Å². The molecule has 3 rings (SSSR count). The smallest absolute Gasteiger partial charge is 0.260 e. The molecule has 1 heterocycles. The van der Waals surface area contributed by atoms with Gasteiger partial charge in [0, 0.05) is 12.1 Å². The number of ether oxygens (including phenoxy) is 3. The zero-order valence-corrected chi connectivity index (χ0v) is 22.8. The minimum Gasteiger partial charge on any atom is -0.490 e. The zero-order chi connectivity index (χ0) is 25.5. The first-order valence-corrected chi connectivity index (χ1v) is 13.0. The molecule has 35 heavy (non-hydrogen) atoms. The van der Waals surface area contributed by atoms with Gasteiger partial charge in [-0.1, -0.05) is 11.3 Å². The van der Waals surface area contributed by atoms with Crippen molar-refractivity contribution in [3.8, 4) is 17.2 Å². The molecule has 0 saturated heterocycles. The van der Waals surface area contributed by atoms with Gasteiger partial charge in [0.15, 0.2) is 16.6 Å². The number of anilines is 1. The maximum Gasteiger partial charge on any atom is 0.260 e. The van der Waals surface area contributed by atoms with E-state index < -0.39 is 0 Å². The molecule has 0 aliphatic carbocycles. The highest BCUT2D eigenvalue weighted by molar-refractivity contribution is 7.22. The molecule has 1 aromatic heterocycles. The lowest BCUT2D eigenvalue weighted by atomic mass is 10.1. The largest absolute Gasteiger partial charge is 0.490 e. The molecule has 190 valence electrons. The van der Waals surface area contributed by atoms with Crippen molar-refractivity contribution in [1.29, 1.82) is 0 Å². The molecule has 0 atom stereocenters. The Labute approximate surface area is 212 Å². The van der Waals surface area contributed by atoms with Gasteiger partial charge < -0.3 is 19.1 Å². The first-order chi connectivity index (χ1) is 16.8. The first-order valence-electron chi connectivity index (χ1n) is 12.2. The van der Waals surface area contributed by atoms with Crippen LogP contribution in [0.2, 0.25) is 0 Å². The average molecular weight is 500 g/mol. The van der Waals surface area contributed by atoms with Gasteiger partial charge in [0.25, 0.3) is 5.91 Å². The number of amides is 1. The predicted molar refractivity (Wildman–Crippen MR) is 144 cm³/mol. The Kier molecular flexibility index (Phi) is 9.34. The van der Waals surface area contributed by atoms with E-state index in [0.29, 0.717) is 54.3 Å². The van der Waals surface area contributed by atoms with Gasteiger partial charge in [0.05, 0.1) is 30.0 Å². The van der Waals surface area contributed by atoms with Crippen LogP contribution >= 0.6 is 11.3 Å². The van der Waals surface area contributed by atoms with Crippen molar-refractivity contribution in [3.63, 3.8) is 0 Å². The summed E-state index contributed by atoms with van der Waals surface area (Å²) in [5, 5.41) is 0.693. The lowest BCUT2D eigenvalue weighted by Crippen LogP contribution is -2.33. The lowest BCUT2D eigenvalue weighted by Gasteiger charge is -2.22. The van der Waals surface area contributed by atoms with Gasteiger partial charge in [0.2, 0.25) is 5.75 Å². The Bertz CT molecular complexity index is 1090. The number of nitrogens with zero attached hydrogens (tertiary/aromatic N) is 3. The summed E-state index contributed by atoms with van der Waals surface area (Å²) in [6, 6.07) is 7.73. The molecule has 8 heteroatoms. The van der Waals surface area contributed by atoms with Crippen molar-refractivity contribution in [2.45, 2.75) is 41.0 Å². The van der Waals surface area contributed by atoms with Crippen LogP contribution in [-0.2, 0) is 0 Å². The van der Waals surface area contributed by atoms with Gasteiger partial charge in [-0.2, -0.15) is 0 Å². The fourth-order valence-electron chi connectivity index (χ4n) is 3.78. The summed E-state index contributed by atoms with van der Waals surface area (Å²) in [5.41, 5.74) is 3.80. The third-order valence-electron chi connectivity index (χ3n) is 5.61. The minimum atomic E-state index is -0.138. The van der Waals surface area contributed by atoms with Gasteiger partial charge >= 0.3 is 0 Å². The number of carbonyl (C=O) groups excluding carboxylic acids is 1. The maximum atomic E-state index is 13.9. The standard InChI is InChI=1S/C27H37N3O4S/c1-8-32-22-16-20(17-23(33-9-2)25(22)34-10-3)26(31)30(13-11-12-29(6)7)27-28-21-14-18(4)19(5)15-24(21)35-27/h14-17H,8-13H2,1-7H3. The van der Waals surface area contributed by atoms with E-state index in [0.717, 1.165) is 23.2 Å². The van der Waals surface area contributed by atoms with Gasteiger partial charge in [0.1, 0.15) is 0 Å². The predicted octanol–water partition coefficient (Wildman–Crippen LogP) is 5.71. The highest BCUT2D eigenvalue weighted by Gasteiger charge is 2.25. The van der Waals surface area contributed by atoms with Crippen LogP contribution in [0.5, 0.6) is 17.2 Å². The van der Waals surface area contributed by atoms with Crippen LogP contribution in [0.1, 0.15) is 48.7 Å². The van der Waals surface area contributed by atoms with E-state index in [4.69, 9.17) is 19.2 Å². The van der Waals surface area contributed by atoms with Crippen molar-refractivity contribution in [3.05, 3.63) is 41.0 Å². The van der Waals surface area contributed by atoms with Crippen LogP contribution in [0.4, 0.5) is 5.13 Å². The molecule has 3 aromatic rings. The van der Waals surface area contributed by atoms with Crippen LogP contribution in [0.25, 0.3) is 10.2 Å². The first kappa shape index (κ1) is 26.8. The normalized spacial score (nSPS) is 11.2. The number of hydrogen-bond donors (Lipinski definition) is 0. The fourth-order valence-corrected chi connectivity index (χ4v) is 4.85. The molecule has 1 amide bonds. The number of carbonyl (C=O) groups is 1. The molecule has 0 unspecified atom stereocenters. The van der Waals surface area contributed by atoms with Crippen molar-refractivity contribution in [2.75, 3.05) is 51.9 Å². The van der Waals surface area contributed by atoms with Crippen molar-refractivity contribution < 1.29 is 19.0 Å². The average Bonchev–Trinajstić information content (AvgIpc) is 3.20. The van der Waals surface area contributed by atoms with E-state index >= 15 is 0 Å². The molecule has 0 aliphatic heterocycles. The SMILES string of the molecule is CCOc1cc(C(=O)N(CCCN(C)C)c2nc3cc(C)c(C)cc3s2)cc(OCC)c1OCC. The van der Waals surface area contributed by atoms with Gasteiger partial charge in [-0.15, -0.1) is 0 Å². The highest BCUT2D eigenvalue weighted by Crippen LogP contribution is 2.40. The van der Waals surface area contributed by atoms with E-state index in [2.05, 4.69) is 30.9 Å². The number of hydrogen-bond acceptors (Lipinski definition) is 7. The molecular formula is C27H37N3O4S. The highest BCUT2D eigenvalue weighted by atomic mass is 32.1. The summed E-state index contributed by atoms with van der Waals surface area (Å²) >= 11 is 1.54. The van der Waals surface area contributed by atoms with Crippen molar-refractivity contribution in [2.24, 2.45) is 0 Å². The molecule has 2 aromatic carbocycles. The Balaban J connectivity index is 2.07. The van der Waals surface area contributed by atoms with Crippen LogP contribution in [0.15, 0.2) is 24.3 Å². The topological polar surface area (TPSA) is 64.1 Å². The number of thiazole rings is 1. The molecule has 7 nitrogen and oxygen atoms in total. The third-order valence-corrected chi connectivity index (χ3v) is 6.65. The van der Waals surface area contributed by atoms with Crippen LogP contribution in [0, 0.1) is 13.8 Å². The summed E-state index contributed by atoms with van der Waals surface area (Å²) in [6.45, 7) is 12.7. The maximum absolute atomic E-state index is 13.9. The fraction of sp³-hybridized carbons (Fsp3) is 0.481. The molecular weight excluding hydrogens is 462 g/mol.